The first kappa shape index (κ1) is 17.9. The fourth-order valence-corrected chi connectivity index (χ4v) is 3.71. The van der Waals surface area contributed by atoms with E-state index in [-0.39, 0.29) is 10.8 Å². The largest absolute Gasteiger partial charge is 0.370 e. The highest BCUT2D eigenvalue weighted by atomic mass is 32.2. The maximum Gasteiger partial charge on any atom is 0.261 e. The van der Waals surface area contributed by atoms with Crippen molar-refractivity contribution in [1.82, 2.24) is 5.32 Å². The summed E-state index contributed by atoms with van der Waals surface area (Å²) in [7, 11) is -3.78. The summed E-state index contributed by atoms with van der Waals surface area (Å²) < 4.78 is 27.9. The third kappa shape index (κ3) is 4.40. The van der Waals surface area contributed by atoms with Crippen LogP contribution in [0, 0.1) is 0 Å². The predicted molar refractivity (Wildman–Crippen MR) is 102 cm³/mol. The predicted octanol–water partition coefficient (Wildman–Crippen LogP) is 2.19. The van der Waals surface area contributed by atoms with Gasteiger partial charge in [0.25, 0.3) is 10.0 Å². The lowest BCUT2D eigenvalue weighted by Gasteiger charge is -2.16. The third-order valence-corrected chi connectivity index (χ3v) is 5.13. The number of sulfonamides is 1. The van der Waals surface area contributed by atoms with Gasteiger partial charge in [-0.05, 0) is 36.8 Å². The lowest BCUT2D eigenvalue weighted by Crippen LogP contribution is -2.30. The van der Waals surface area contributed by atoms with Crippen molar-refractivity contribution in [1.29, 1.82) is 0 Å². The summed E-state index contributed by atoms with van der Waals surface area (Å²) >= 11 is 0. The molecule has 1 heterocycles. The number of carbonyl (C=O) groups is 1. The molecule has 2 aromatic rings. The molecule has 8 heteroatoms. The van der Waals surface area contributed by atoms with Gasteiger partial charge in [0.05, 0.1) is 4.90 Å². The van der Waals surface area contributed by atoms with Crippen LogP contribution in [0.2, 0.25) is 0 Å². The Morgan fingerprint density at radius 2 is 1.88 bits per heavy atom. The molecule has 0 aromatic heterocycles. The number of nitrogens with zero attached hydrogens (tertiary/aromatic N) is 1. The number of anilines is 2. The Morgan fingerprint density at radius 1 is 1.12 bits per heavy atom. The van der Waals surface area contributed by atoms with Crippen LogP contribution in [0.4, 0.5) is 11.4 Å². The smallest absolute Gasteiger partial charge is 0.261 e. The Kier molecular flexibility index (Phi) is 5.22. The molecule has 3 rings (SSSR count). The average Bonchev–Trinajstić information content (AvgIpc) is 2.62. The quantitative estimate of drug-likeness (QED) is 0.749. The second kappa shape index (κ2) is 7.57. The van der Waals surface area contributed by atoms with Crippen LogP contribution in [-0.4, -0.2) is 33.3 Å². The summed E-state index contributed by atoms with van der Waals surface area (Å²) in [6, 6.07) is 13.2. The van der Waals surface area contributed by atoms with E-state index in [4.69, 9.17) is 0 Å². The van der Waals surface area contributed by atoms with Gasteiger partial charge in [0.2, 0.25) is 5.91 Å². The molecule has 136 valence electrons. The molecule has 0 aliphatic carbocycles. The first-order chi connectivity index (χ1) is 12.4. The minimum absolute atomic E-state index is 0.0716. The summed E-state index contributed by atoms with van der Waals surface area (Å²) in [6.45, 7) is 2.98. The first-order valence-corrected chi connectivity index (χ1v) is 9.71. The summed E-state index contributed by atoms with van der Waals surface area (Å²) in [4.78, 5) is 15.7. The molecule has 0 radical (unpaired) electrons. The molecule has 0 atom stereocenters. The van der Waals surface area contributed by atoms with Crippen molar-refractivity contribution in [3.8, 4) is 0 Å². The number of amidine groups is 1. The van der Waals surface area contributed by atoms with Crippen LogP contribution in [0.5, 0.6) is 0 Å². The topological polar surface area (TPSA) is 99.7 Å². The van der Waals surface area contributed by atoms with Gasteiger partial charge in [-0.3, -0.25) is 14.5 Å². The Bertz CT molecular complexity index is 954. The summed E-state index contributed by atoms with van der Waals surface area (Å²) in [5.74, 6) is 0.505. The number of amides is 1. The van der Waals surface area contributed by atoms with Crippen LogP contribution in [0.1, 0.15) is 18.9 Å². The van der Waals surface area contributed by atoms with Crippen LogP contribution in [0.25, 0.3) is 0 Å². The molecule has 0 bridgehead atoms. The van der Waals surface area contributed by atoms with E-state index in [9.17, 15) is 13.2 Å². The van der Waals surface area contributed by atoms with E-state index in [2.05, 4.69) is 20.3 Å². The molecule has 7 nitrogen and oxygen atoms in total. The molecule has 3 N–H and O–H groups in total. The molecule has 1 amide bonds. The van der Waals surface area contributed by atoms with Crippen LogP contribution < -0.4 is 15.4 Å². The van der Waals surface area contributed by atoms with E-state index >= 15 is 0 Å². The zero-order valence-corrected chi connectivity index (χ0v) is 15.1. The lowest BCUT2D eigenvalue weighted by molar-refractivity contribution is -0.114. The Morgan fingerprint density at radius 3 is 2.62 bits per heavy atom. The molecule has 0 unspecified atom stereocenters. The summed E-state index contributed by atoms with van der Waals surface area (Å²) in [5.41, 5.74) is 1.70. The van der Waals surface area contributed by atoms with E-state index in [0.29, 0.717) is 11.4 Å². The van der Waals surface area contributed by atoms with Gasteiger partial charge in [-0.15, -0.1) is 0 Å². The maximum absolute atomic E-state index is 12.7. The molecule has 26 heavy (non-hydrogen) atoms. The fourth-order valence-electron chi connectivity index (χ4n) is 2.61. The van der Waals surface area contributed by atoms with Crippen LogP contribution in [0.3, 0.4) is 0 Å². The van der Waals surface area contributed by atoms with Gasteiger partial charge in [-0.1, -0.05) is 18.2 Å². The number of aliphatic imine (C=N–C) groups is 1. The van der Waals surface area contributed by atoms with E-state index in [1.165, 1.54) is 19.1 Å². The molecule has 0 spiro atoms. The van der Waals surface area contributed by atoms with Crippen LogP contribution >= 0.6 is 0 Å². The number of carbonyl (C=O) groups excluding carboxylic acids is 1. The number of rotatable bonds is 5. The third-order valence-electron chi connectivity index (χ3n) is 3.75. The monoisotopic (exact) mass is 372 g/mol. The average molecular weight is 372 g/mol. The van der Waals surface area contributed by atoms with E-state index in [1.807, 2.05) is 6.07 Å². The molecule has 0 fully saturated rings. The lowest BCUT2D eigenvalue weighted by atomic mass is 10.1. The van der Waals surface area contributed by atoms with Crippen molar-refractivity contribution in [3.63, 3.8) is 0 Å². The van der Waals surface area contributed by atoms with Crippen molar-refractivity contribution < 1.29 is 13.2 Å². The Hall–Kier alpha value is -2.87. The maximum atomic E-state index is 12.7. The van der Waals surface area contributed by atoms with E-state index in [0.717, 1.165) is 30.9 Å². The van der Waals surface area contributed by atoms with Gasteiger partial charge in [0.15, 0.2) is 0 Å². The number of hydrogen-bond acceptors (Lipinski definition) is 5. The fraction of sp³-hybridized carbons (Fsp3) is 0.222. The molecule has 1 aliphatic heterocycles. The standard InChI is InChI=1S/C18H20N4O3S/c1-13(23)21-15-6-3-8-17(12-15)26(24,25)22-16-7-2-5-14(11-16)18-19-9-4-10-20-18/h2-3,5-8,11-12,22H,4,9-10H2,1H3,(H,19,20)(H,21,23). The first-order valence-electron chi connectivity index (χ1n) is 8.23. The molecule has 0 saturated heterocycles. The molecule has 1 aliphatic rings. The second-order valence-electron chi connectivity index (χ2n) is 5.91. The highest BCUT2D eigenvalue weighted by Gasteiger charge is 2.16. The van der Waals surface area contributed by atoms with Crippen molar-refractivity contribution in [2.24, 2.45) is 4.99 Å². The van der Waals surface area contributed by atoms with Gasteiger partial charge in [0, 0.05) is 37.0 Å². The van der Waals surface area contributed by atoms with Crippen LogP contribution in [0.15, 0.2) is 58.4 Å². The number of nitrogens with one attached hydrogen (secondary N) is 3. The van der Waals surface area contributed by atoms with E-state index < -0.39 is 10.0 Å². The minimum Gasteiger partial charge on any atom is -0.370 e. The normalized spacial score (nSPS) is 14.1. The second-order valence-corrected chi connectivity index (χ2v) is 7.59. The molecule has 0 saturated carbocycles. The Labute approximate surface area is 152 Å². The number of hydrogen-bond donors (Lipinski definition) is 3. The Balaban J connectivity index is 1.83. The van der Waals surface area contributed by atoms with Crippen molar-refractivity contribution in [2.75, 3.05) is 23.1 Å². The molecule has 2 aromatic carbocycles. The van der Waals surface area contributed by atoms with Crippen molar-refractivity contribution >= 4 is 33.1 Å². The molecular weight excluding hydrogens is 352 g/mol. The minimum atomic E-state index is -3.78. The highest BCUT2D eigenvalue weighted by Crippen LogP contribution is 2.20. The van der Waals surface area contributed by atoms with Crippen LogP contribution in [-0.2, 0) is 14.8 Å². The SMILES string of the molecule is CC(=O)Nc1cccc(S(=O)(=O)Nc2cccc(C3=NCCCN3)c2)c1. The van der Waals surface area contributed by atoms with Gasteiger partial charge >= 0.3 is 0 Å². The van der Waals surface area contributed by atoms with Gasteiger partial charge in [-0.25, -0.2) is 8.42 Å². The van der Waals surface area contributed by atoms with E-state index in [1.54, 1.807) is 30.3 Å². The van der Waals surface area contributed by atoms with Crippen molar-refractivity contribution in [2.45, 2.75) is 18.2 Å². The summed E-state index contributed by atoms with van der Waals surface area (Å²) in [5, 5.41) is 5.79. The van der Waals surface area contributed by atoms with Gasteiger partial charge in [-0.2, -0.15) is 0 Å². The highest BCUT2D eigenvalue weighted by molar-refractivity contribution is 7.92. The zero-order chi connectivity index (χ0) is 18.6. The molecular formula is C18H20N4O3S. The van der Waals surface area contributed by atoms with Crippen molar-refractivity contribution in [3.05, 3.63) is 54.1 Å². The number of benzene rings is 2. The zero-order valence-electron chi connectivity index (χ0n) is 14.3. The summed E-state index contributed by atoms with van der Waals surface area (Å²) in [6.07, 6.45) is 0.987. The van der Waals surface area contributed by atoms with Gasteiger partial charge in [0.1, 0.15) is 5.84 Å². The van der Waals surface area contributed by atoms with Gasteiger partial charge < -0.3 is 10.6 Å².